The largest absolute Gasteiger partial charge is 0.309 e. The number of sulfone groups is 1. The van der Waals surface area contributed by atoms with Crippen LogP contribution < -0.4 is 0 Å². The fraction of sp³-hybridized carbons (Fsp3) is 0.462. The van der Waals surface area contributed by atoms with E-state index >= 15 is 0 Å². The molecule has 0 aromatic heterocycles. The molecule has 0 amide bonds. The summed E-state index contributed by atoms with van der Waals surface area (Å²) in [5, 5.41) is 9.43. The topological polar surface area (TPSA) is 61.2 Å². The van der Waals surface area contributed by atoms with E-state index in [1.165, 1.54) is 0 Å². The quantitative estimate of drug-likeness (QED) is 0.832. The molecule has 0 fully saturated rings. The summed E-state index contributed by atoms with van der Waals surface area (Å²) in [6.07, 6.45) is 1.39. The van der Waals surface area contributed by atoms with Gasteiger partial charge >= 0.3 is 0 Å². The van der Waals surface area contributed by atoms with Crippen LogP contribution >= 0.6 is 12.4 Å². The van der Waals surface area contributed by atoms with Crippen molar-refractivity contribution in [2.45, 2.75) is 11.2 Å². The minimum Gasteiger partial charge on any atom is -0.309 e. The van der Waals surface area contributed by atoms with Gasteiger partial charge in [-0.1, -0.05) is 30.3 Å². The van der Waals surface area contributed by atoms with E-state index in [0.29, 0.717) is 12.1 Å². The first-order valence-corrected chi connectivity index (χ1v) is 7.54. The lowest BCUT2D eigenvalue weighted by molar-refractivity contribution is 0.381. The normalized spacial score (nSPS) is 14.3. The first-order chi connectivity index (χ1) is 8.33. The molecule has 0 bridgehead atoms. The molecule has 19 heavy (non-hydrogen) atoms. The van der Waals surface area contributed by atoms with Crippen LogP contribution in [0.2, 0.25) is 0 Å². The highest BCUT2D eigenvalue weighted by Gasteiger charge is 2.42. The van der Waals surface area contributed by atoms with Gasteiger partial charge in [-0.05, 0) is 26.1 Å². The van der Waals surface area contributed by atoms with Crippen LogP contribution in [0, 0.1) is 11.3 Å². The summed E-state index contributed by atoms with van der Waals surface area (Å²) < 4.78 is 22.7. The van der Waals surface area contributed by atoms with Gasteiger partial charge in [0.2, 0.25) is 0 Å². The first-order valence-electron chi connectivity index (χ1n) is 5.64. The van der Waals surface area contributed by atoms with Gasteiger partial charge in [-0.2, -0.15) is 5.26 Å². The molecule has 0 spiro atoms. The van der Waals surface area contributed by atoms with Crippen LogP contribution in [0.5, 0.6) is 0 Å². The number of nitriles is 1. The molecule has 1 rings (SSSR count). The molecule has 6 heteroatoms. The Balaban J connectivity index is 0.00000324. The molecule has 0 N–H and O–H groups in total. The van der Waals surface area contributed by atoms with Gasteiger partial charge < -0.3 is 4.90 Å². The van der Waals surface area contributed by atoms with Crippen LogP contribution in [0.4, 0.5) is 0 Å². The van der Waals surface area contributed by atoms with E-state index in [1.54, 1.807) is 30.3 Å². The second-order valence-electron chi connectivity index (χ2n) is 4.63. The highest BCUT2D eigenvalue weighted by Crippen LogP contribution is 2.33. The monoisotopic (exact) mass is 302 g/mol. The molecule has 0 aliphatic carbocycles. The summed E-state index contributed by atoms with van der Waals surface area (Å²) in [6.45, 7) is 0.537. The summed E-state index contributed by atoms with van der Waals surface area (Å²) in [5.41, 5.74) is 0.539. The molecule has 1 atom stereocenters. The van der Waals surface area contributed by atoms with Crippen molar-refractivity contribution < 1.29 is 8.42 Å². The van der Waals surface area contributed by atoms with Crippen molar-refractivity contribution >= 4 is 22.2 Å². The van der Waals surface area contributed by atoms with Crippen molar-refractivity contribution in [1.29, 1.82) is 5.26 Å². The Bertz CT molecular complexity index is 538. The van der Waals surface area contributed by atoms with Crippen LogP contribution in [0.25, 0.3) is 0 Å². The second-order valence-corrected chi connectivity index (χ2v) is 6.87. The zero-order valence-electron chi connectivity index (χ0n) is 11.3. The maximum absolute atomic E-state index is 12.1. The Morgan fingerprint density at radius 1 is 1.26 bits per heavy atom. The molecule has 0 heterocycles. The third-order valence-electron chi connectivity index (χ3n) is 2.96. The Kier molecular flexibility index (Phi) is 6.50. The fourth-order valence-electron chi connectivity index (χ4n) is 1.84. The van der Waals surface area contributed by atoms with E-state index in [9.17, 15) is 13.7 Å². The maximum Gasteiger partial charge on any atom is 0.184 e. The van der Waals surface area contributed by atoms with E-state index in [-0.39, 0.29) is 18.8 Å². The summed E-state index contributed by atoms with van der Waals surface area (Å²) in [4.78, 5) is 1.88. The van der Waals surface area contributed by atoms with Crippen molar-refractivity contribution in [3.8, 4) is 6.07 Å². The van der Waals surface area contributed by atoms with E-state index in [2.05, 4.69) is 0 Å². The standard InChI is InChI=1S/C13H18N2O2S.ClH/c1-15(2)10-9-13(11-14,18(3,16)17)12-7-5-4-6-8-12;/h4-8H,9-10H2,1-3H3;1H. The SMILES string of the molecule is CN(C)CCC(C#N)(c1ccccc1)S(C)(=O)=O.Cl. The molecule has 0 aliphatic rings. The predicted molar refractivity (Wildman–Crippen MR) is 79.0 cm³/mol. The fourth-order valence-corrected chi connectivity index (χ4v) is 3.03. The number of halogens is 1. The molecule has 0 saturated heterocycles. The lowest BCUT2D eigenvalue weighted by Gasteiger charge is -2.26. The van der Waals surface area contributed by atoms with Crippen molar-refractivity contribution in [2.24, 2.45) is 0 Å². The molecule has 1 unspecified atom stereocenters. The Morgan fingerprint density at radius 3 is 2.16 bits per heavy atom. The number of benzene rings is 1. The van der Waals surface area contributed by atoms with Gasteiger partial charge in [0, 0.05) is 12.8 Å². The summed E-state index contributed by atoms with van der Waals surface area (Å²) in [6, 6.07) is 10.7. The molecular weight excluding hydrogens is 284 g/mol. The molecular formula is C13H19ClN2O2S. The smallest absolute Gasteiger partial charge is 0.184 e. The number of hydrogen-bond acceptors (Lipinski definition) is 4. The van der Waals surface area contributed by atoms with E-state index in [1.807, 2.05) is 25.1 Å². The van der Waals surface area contributed by atoms with Crippen molar-refractivity contribution in [3.05, 3.63) is 35.9 Å². The van der Waals surface area contributed by atoms with Crippen LogP contribution in [-0.4, -0.2) is 40.2 Å². The Morgan fingerprint density at radius 2 is 1.79 bits per heavy atom. The second kappa shape index (κ2) is 6.90. The Hall–Kier alpha value is -1.09. The summed E-state index contributed by atoms with van der Waals surface area (Å²) in [5.74, 6) is 0. The van der Waals surface area contributed by atoms with E-state index in [0.717, 1.165) is 6.26 Å². The number of rotatable bonds is 5. The molecule has 0 radical (unpaired) electrons. The molecule has 1 aromatic rings. The number of nitrogens with zero attached hydrogens (tertiary/aromatic N) is 2. The molecule has 0 aliphatic heterocycles. The minimum absolute atomic E-state index is 0. The minimum atomic E-state index is -3.51. The lowest BCUT2D eigenvalue weighted by atomic mass is 9.96. The van der Waals surface area contributed by atoms with E-state index < -0.39 is 14.6 Å². The third kappa shape index (κ3) is 3.93. The average molecular weight is 303 g/mol. The lowest BCUT2D eigenvalue weighted by Crippen LogP contribution is -2.36. The Labute approximate surface area is 121 Å². The van der Waals surface area contributed by atoms with Gasteiger partial charge in [-0.25, -0.2) is 8.42 Å². The third-order valence-corrected chi connectivity index (χ3v) is 4.76. The molecule has 0 saturated carbocycles. The van der Waals surface area contributed by atoms with Gasteiger partial charge in [0.25, 0.3) is 0 Å². The number of hydrogen-bond donors (Lipinski definition) is 0. The summed E-state index contributed by atoms with van der Waals surface area (Å²) in [7, 11) is 0.200. The summed E-state index contributed by atoms with van der Waals surface area (Å²) >= 11 is 0. The van der Waals surface area contributed by atoms with Crippen LogP contribution in [-0.2, 0) is 14.6 Å². The van der Waals surface area contributed by atoms with Gasteiger partial charge in [0.15, 0.2) is 14.6 Å². The van der Waals surface area contributed by atoms with Crippen molar-refractivity contribution in [3.63, 3.8) is 0 Å². The zero-order valence-corrected chi connectivity index (χ0v) is 13.0. The van der Waals surface area contributed by atoms with Gasteiger partial charge in [-0.15, -0.1) is 12.4 Å². The van der Waals surface area contributed by atoms with Crippen LogP contribution in [0.15, 0.2) is 30.3 Å². The average Bonchev–Trinajstić information content (AvgIpc) is 2.29. The van der Waals surface area contributed by atoms with Crippen LogP contribution in [0.1, 0.15) is 12.0 Å². The molecule has 4 nitrogen and oxygen atoms in total. The predicted octanol–water partition coefficient (Wildman–Crippen LogP) is 1.82. The van der Waals surface area contributed by atoms with Gasteiger partial charge in [0.05, 0.1) is 6.07 Å². The molecule has 106 valence electrons. The highest BCUT2D eigenvalue weighted by molar-refractivity contribution is 7.91. The zero-order chi connectivity index (χ0) is 13.8. The highest BCUT2D eigenvalue weighted by atomic mass is 35.5. The maximum atomic E-state index is 12.1. The first kappa shape index (κ1) is 17.9. The van der Waals surface area contributed by atoms with Gasteiger partial charge in [0.1, 0.15) is 0 Å². The van der Waals surface area contributed by atoms with Crippen LogP contribution in [0.3, 0.4) is 0 Å². The van der Waals surface area contributed by atoms with Crippen molar-refractivity contribution in [2.75, 3.05) is 26.9 Å². The molecule has 1 aromatic carbocycles. The van der Waals surface area contributed by atoms with E-state index in [4.69, 9.17) is 0 Å². The van der Waals surface area contributed by atoms with Crippen molar-refractivity contribution in [1.82, 2.24) is 4.90 Å². The van der Waals surface area contributed by atoms with Gasteiger partial charge in [-0.3, -0.25) is 0 Å².